The van der Waals surface area contributed by atoms with Gasteiger partial charge in [0.1, 0.15) is 5.84 Å². The van der Waals surface area contributed by atoms with Gasteiger partial charge >= 0.3 is 0 Å². The van der Waals surface area contributed by atoms with E-state index in [2.05, 4.69) is 43.3 Å². The molecule has 0 aliphatic rings. The van der Waals surface area contributed by atoms with Gasteiger partial charge in [-0.1, -0.05) is 19.0 Å². The lowest BCUT2D eigenvalue weighted by atomic mass is 9.93. The minimum absolute atomic E-state index is 0.231. The molecule has 5 nitrogen and oxygen atoms in total. The van der Waals surface area contributed by atoms with E-state index in [1.54, 1.807) is 0 Å². The number of nitrogens with zero attached hydrogens (tertiary/aromatic N) is 2. The van der Waals surface area contributed by atoms with Crippen molar-refractivity contribution in [2.24, 2.45) is 16.3 Å². The van der Waals surface area contributed by atoms with E-state index in [1.165, 1.54) is 0 Å². The van der Waals surface area contributed by atoms with Crippen LogP contribution in [0.1, 0.15) is 20.3 Å². The quantitative estimate of drug-likeness (QED) is 0.188. The Hall–Kier alpha value is -0.810. The molecule has 0 aliphatic carbocycles. The molecule has 90 valence electrons. The molecule has 0 spiro atoms. The average molecular weight is 216 g/mol. The SMILES string of the molecule is CN(C)CC(C)(C)CNCCC(N)=NO. The summed E-state index contributed by atoms with van der Waals surface area (Å²) in [7, 11) is 4.14. The minimum atomic E-state index is 0.231. The Morgan fingerprint density at radius 3 is 2.53 bits per heavy atom. The average Bonchev–Trinajstić information content (AvgIpc) is 2.10. The Kier molecular flexibility index (Phi) is 6.27. The molecule has 0 heterocycles. The van der Waals surface area contributed by atoms with E-state index < -0.39 is 0 Å². The standard InChI is InChI=1S/C10H24N4O/c1-10(2,8-14(3)4)7-12-6-5-9(11)13-15/h12,15H,5-8H2,1-4H3,(H2,11,13). The Balaban J connectivity index is 3.66. The predicted octanol–water partition coefficient (Wildman–Crippen LogP) is 0.300. The number of nitrogens with two attached hydrogens (primary N) is 1. The number of amidine groups is 1. The van der Waals surface area contributed by atoms with Crippen molar-refractivity contribution in [1.82, 2.24) is 10.2 Å². The molecule has 5 heteroatoms. The molecule has 0 aromatic carbocycles. The van der Waals surface area contributed by atoms with Gasteiger partial charge in [-0.15, -0.1) is 0 Å². The molecule has 0 saturated heterocycles. The van der Waals surface area contributed by atoms with E-state index in [4.69, 9.17) is 10.9 Å². The highest BCUT2D eigenvalue weighted by atomic mass is 16.4. The van der Waals surface area contributed by atoms with Crippen LogP contribution < -0.4 is 11.1 Å². The fourth-order valence-electron chi connectivity index (χ4n) is 1.61. The van der Waals surface area contributed by atoms with E-state index in [1.807, 2.05) is 0 Å². The maximum Gasteiger partial charge on any atom is 0.140 e. The summed E-state index contributed by atoms with van der Waals surface area (Å²) < 4.78 is 0. The first-order chi connectivity index (χ1) is 6.87. The van der Waals surface area contributed by atoms with Crippen LogP contribution in [-0.4, -0.2) is 49.7 Å². The monoisotopic (exact) mass is 216 g/mol. The van der Waals surface area contributed by atoms with Crippen LogP contribution in [0.15, 0.2) is 5.16 Å². The van der Waals surface area contributed by atoms with Crippen molar-refractivity contribution in [1.29, 1.82) is 0 Å². The normalized spacial score (nSPS) is 13.5. The first kappa shape index (κ1) is 14.2. The zero-order chi connectivity index (χ0) is 11.9. The Labute approximate surface area is 92.3 Å². The van der Waals surface area contributed by atoms with E-state index in [-0.39, 0.29) is 11.3 Å². The van der Waals surface area contributed by atoms with Crippen molar-refractivity contribution in [2.45, 2.75) is 20.3 Å². The molecular formula is C10H24N4O. The predicted molar refractivity (Wildman–Crippen MR) is 63.2 cm³/mol. The zero-order valence-corrected chi connectivity index (χ0v) is 10.2. The number of hydrogen-bond donors (Lipinski definition) is 3. The van der Waals surface area contributed by atoms with Gasteiger partial charge in [-0.2, -0.15) is 0 Å². The van der Waals surface area contributed by atoms with Gasteiger partial charge in [0.05, 0.1) is 0 Å². The molecule has 0 radical (unpaired) electrons. The molecule has 0 unspecified atom stereocenters. The summed E-state index contributed by atoms with van der Waals surface area (Å²) >= 11 is 0. The van der Waals surface area contributed by atoms with Crippen molar-refractivity contribution in [2.75, 3.05) is 33.7 Å². The summed E-state index contributed by atoms with van der Waals surface area (Å²) in [6.45, 7) is 7.12. The highest BCUT2D eigenvalue weighted by molar-refractivity contribution is 5.79. The second-order valence-corrected chi connectivity index (χ2v) is 4.92. The number of oxime groups is 1. The molecule has 0 rings (SSSR count). The number of nitrogens with one attached hydrogen (secondary N) is 1. The van der Waals surface area contributed by atoms with Crippen molar-refractivity contribution >= 4 is 5.84 Å². The lowest BCUT2D eigenvalue weighted by Crippen LogP contribution is -2.38. The topological polar surface area (TPSA) is 73.9 Å². The van der Waals surface area contributed by atoms with Crippen molar-refractivity contribution in [3.63, 3.8) is 0 Å². The molecule has 4 N–H and O–H groups in total. The molecule has 0 saturated carbocycles. The Morgan fingerprint density at radius 1 is 1.47 bits per heavy atom. The molecule has 0 bridgehead atoms. The Bertz CT molecular complexity index is 202. The van der Waals surface area contributed by atoms with Crippen LogP contribution in [-0.2, 0) is 0 Å². The van der Waals surface area contributed by atoms with Gasteiger partial charge in [-0.25, -0.2) is 0 Å². The summed E-state index contributed by atoms with van der Waals surface area (Å²) in [5.41, 5.74) is 5.59. The fourth-order valence-corrected chi connectivity index (χ4v) is 1.61. The third-order valence-electron chi connectivity index (χ3n) is 2.03. The highest BCUT2D eigenvalue weighted by Crippen LogP contribution is 2.13. The van der Waals surface area contributed by atoms with Crippen LogP contribution in [0.4, 0.5) is 0 Å². The lowest BCUT2D eigenvalue weighted by Gasteiger charge is -2.28. The molecule has 0 fully saturated rings. The van der Waals surface area contributed by atoms with Gasteiger partial charge in [0, 0.05) is 26.1 Å². The van der Waals surface area contributed by atoms with Crippen LogP contribution in [0.5, 0.6) is 0 Å². The molecule has 15 heavy (non-hydrogen) atoms. The van der Waals surface area contributed by atoms with Crippen LogP contribution >= 0.6 is 0 Å². The van der Waals surface area contributed by atoms with Gasteiger partial charge in [0.25, 0.3) is 0 Å². The second kappa shape index (κ2) is 6.63. The lowest BCUT2D eigenvalue weighted by molar-refractivity contribution is 0.233. The molecule has 0 amide bonds. The summed E-state index contributed by atoms with van der Waals surface area (Å²) in [4.78, 5) is 2.17. The summed E-state index contributed by atoms with van der Waals surface area (Å²) in [5.74, 6) is 0.271. The second-order valence-electron chi connectivity index (χ2n) is 4.92. The maximum atomic E-state index is 8.34. The van der Waals surface area contributed by atoms with Crippen molar-refractivity contribution in [3.05, 3.63) is 0 Å². The smallest absolute Gasteiger partial charge is 0.140 e. The number of rotatable bonds is 7. The molecule has 0 aliphatic heterocycles. The van der Waals surface area contributed by atoms with Gasteiger partial charge in [-0.3, -0.25) is 0 Å². The van der Waals surface area contributed by atoms with Crippen LogP contribution in [0, 0.1) is 5.41 Å². The van der Waals surface area contributed by atoms with Gasteiger partial charge < -0.3 is 21.2 Å². The maximum absolute atomic E-state index is 8.34. The van der Waals surface area contributed by atoms with Crippen LogP contribution in [0.3, 0.4) is 0 Å². The van der Waals surface area contributed by atoms with Gasteiger partial charge in [0.2, 0.25) is 0 Å². The first-order valence-electron chi connectivity index (χ1n) is 5.19. The van der Waals surface area contributed by atoms with E-state index in [0.29, 0.717) is 6.42 Å². The molecular weight excluding hydrogens is 192 g/mol. The number of hydrogen-bond acceptors (Lipinski definition) is 4. The van der Waals surface area contributed by atoms with Crippen molar-refractivity contribution < 1.29 is 5.21 Å². The van der Waals surface area contributed by atoms with E-state index in [0.717, 1.165) is 19.6 Å². The Morgan fingerprint density at radius 2 is 2.07 bits per heavy atom. The van der Waals surface area contributed by atoms with Crippen LogP contribution in [0.25, 0.3) is 0 Å². The summed E-state index contributed by atoms with van der Waals surface area (Å²) in [5, 5.41) is 14.6. The summed E-state index contributed by atoms with van der Waals surface area (Å²) in [6.07, 6.45) is 0.578. The molecule has 0 atom stereocenters. The zero-order valence-electron chi connectivity index (χ0n) is 10.2. The van der Waals surface area contributed by atoms with E-state index in [9.17, 15) is 0 Å². The largest absolute Gasteiger partial charge is 0.409 e. The summed E-state index contributed by atoms with van der Waals surface area (Å²) in [6, 6.07) is 0. The fraction of sp³-hybridized carbons (Fsp3) is 0.900. The van der Waals surface area contributed by atoms with Crippen molar-refractivity contribution in [3.8, 4) is 0 Å². The first-order valence-corrected chi connectivity index (χ1v) is 5.19. The highest BCUT2D eigenvalue weighted by Gasteiger charge is 2.17. The van der Waals surface area contributed by atoms with E-state index >= 15 is 0 Å². The minimum Gasteiger partial charge on any atom is -0.409 e. The third kappa shape index (κ3) is 8.20. The van der Waals surface area contributed by atoms with Gasteiger partial charge in [0.15, 0.2) is 0 Å². The molecule has 0 aromatic rings. The van der Waals surface area contributed by atoms with Crippen LogP contribution in [0.2, 0.25) is 0 Å². The van der Waals surface area contributed by atoms with Gasteiger partial charge in [-0.05, 0) is 19.5 Å². The molecule has 0 aromatic heterocycles. The third-order valence-corrected chi connectivity index (χ3v) is 2.03.